The Morgan fingerprint density at radius 3 is 2.90 bits per heavy atom. The lowest BCUT2D eigenvalue weighted by Gasteiger charge is -2.06. The molecule has 5 heteroatoms. The average molecular weight is 283 g/mol. The van der Waals surface area contributed by atoms with Crippen LogP contribution in [0.25, 0.3) is 10.8 Å². The van der Waals surface area contributed by atoms with Gasteiger partial charge in [0.1, 0.15) is 5.69 Å². The van der Waals surface area contributed by atoms with Crippen molar-refractivity contribution in [2.45, 2.75) is 13.3 Å². The number of hydrogen-bond donors (Lipinski definition) is 1. The second-order valence-corrected chi connectivity index (χ2v) is 5.25. The van der Waals surface area contributed by atoms with Crippen LogP contribution in [0.3, 0.4) is 0 Å². The van der Waals surface area contributed by atoms with E-state index < -0.39 is 0 Å². The van der Waals surface area contributed by atoms with E-state index in [0.29, 0.717) is 10.8 Å². The molecule has 0 aliphatic rings. The van der Waals surface area contributed by atoms with E-state index in [-0.39, 0.29) is 5.91 Å². The molecular weight excluding hydrogens is 270 g/mol. The molecule has 3 aromatic rings. The number of amides is 1. The highest BCUT2D eigenvalue weighted by Gasteiger charge is 2.13. The smallest absolute Gasteiger partial charge is 0.276 e. The zero-order valence-electron chi connectivity index (χ0n) is 11.0. The van der Waals surface area contributed by atoms with Crippen molar-refractivity contribution < 1.29 is 4.79 Å². The Morgan fingerprint density at radius 1 is 1.25 bits per heavy atom. The summed E-state index contributed by atoms with van der Waals surface area (Å²) in [6.07, 6.45) is 4.25. The van der Waals surface area contributed by atoms with Crippen molar-refractivity contribution in [2.75, 3.05) is 5.32 Å². The third-order valence-corrected chi connectivity index (χ3v) is 3.80. The van der Waals surface area contributed by atoms with Gasteiger partial charge in [-0.2, -0.15) is 0 Å². The molecule has 0 unspecified atom stereocenters. The van der Waals surface area contributed by atoms with Crippen LogP contribution in [0.4, 0.5) is 5.13 Å². The highest BCUT2D eigenvalue weighted by Crippen LogP contribution is 2.20. The largest absolute Gasteiger partial charge is 0.296 e. The van der Waals surface area contributed by atoms with Gasteiger partial charge in [-0.1, -0.05) is 19.1 Å². The number of pyridine rings is 1. The first-order chi connectivity index (χ1) is 9.78. The van der Waals surface area contributed by atoms with Crippen LogP contribution in [-0.2, 0) is 6.42 Å². The number of fused-ring (bicyclic) bond motifs is 1. The SMILES string of the molecule is CCc1ccc2ccnc(C(=O)Nc3nccs3)c2c1. The molecule has 0 atom stereocenters. The third kappa shape index (κ3) is 2.40. The topological polar surface area (TPSA) is 54.9 Å². The number of nitrogens with zero attached hydrogens (tertiary/aromatic N) is 2. The number of thiazole rings is 1. The zero-order valence-corrected chi connectivity index (χ0v) is 11.8. The van der Waals surface area contributed by atoms with Crippen molar-refractivity contribution in [1.82, 2.24) is 9.97 Å². The maximum Gasteiger partial charge on any atom is 0.276 e. The maximum atomic E-state index is 12.3. The van der Waals surface area contributed by atoms with Crippen molar-refractivity contribution in [2.24, 2.45) is 0 Å². The first-order valence-corrected chi connectivity index (χ1v) is 7.24. The van der Waals surface area contributed by atoms with Crippen LogP contribution < -0.4 is 5.32 Å². The molecule has 2 heterocycles. The summed E-state index contributed by atoms with van der Waals surface area (Å²) in [4.78, 5) is 20.6. The van der Waals surface area contributed by atoms with Gasteiger partial charge in [-0.3, -0.25) is 15.1 Å². The summed E-state index contributed by atoms with van der Waals surface area (Å²) in [6.45, 7) is 2.09. The number of benzene rings is 1. The second-order valence-electron chi connectivity index (χ2n) is 4.36. The van der Waals surface area contributed by atoms with Gasteiger partial charge in [0.2, 0.25) is 0 Å². The molecule has 100 valence electrons. The number of aryl methyl sites for hydroxylation is 1. The molecule has 0 aliphatic heterocycles. The third-order valence-electron chi connectivity index (χ3n) is 3.11. The van der Waals surface area contributed by atoms with Gasteiger partial charge in [-0.25, -0.2) is 4.98 Å². The molecule has 1 amide bonds. The summed E-state index contributed by atoms with van der Waals surface area (Å²) in [7, 11) is 0. The summed E-state index contributed by atoms with van der Waals surface area (Å²) in [5.41, 5.74) is 1.63. The zero-order chi connectivity index (χ0) is 13.9. The fourth-order valence-electron chi connectivity index (χ4n) is 2.06. The molecular formula is C15H13N3OS. The van der Waals surface area contributed by atoms with Crippen molar-refractivity contribution in [1.29, 1.82) is 0 Å². The van der Waals surface area contributed by atoms with E-state index in [0.717, 1.165) is 17.2 Å². The van der Waals surface area contributed by atoms with E-state index >= 15 is 0 Å². The number of aromatic nitrogens is 2. The lowest BCUT2D eigenvalue weighted by Crippen LogP contribution is -2.14. The summed E-state index contributed by atoms with van der Waals surface area (Å²) in [5, 5.41) is 7.07. The fourth-order valence-corrected chi connectivity index (χ4v) is 2.58. The Kier molecular flexibility index (Phi) is 3.43. The van der Waals surface area contributed by atoms with Crippen LogP contribution >= 0.6 is 11.3 Å². The van der Waals surface area contributed by atoms with Crippen LogP contribution in [-0.4, -0.2) is 15.9 Å². The average Bonchev–Trinajstić information content (AvgIpc) is 2.98. The monoisotopic (exact) mass is 283 g/mol. The quantitative estimate of drug-likeness (QED) is 0.800. The van der Waals surface area contributed by atoms with E-state index in [1.807, 2.05) is 23.6 Å². The summed E-state index contributed by atoms with van der Waals surface area (Å²) >= 11 is 1.39. The number of carbonyl (C=O) groups is 1. The molecule has 0 aliphatic carbocycles. The Hall–Kier alpha value is -2.27. The minimum Gasteiger partial charge on any atom is -0.296 e. The van der Waals surface area contributed by atoms with Crippen molar-refractivity contribution >= 4 is 33.1 Å². The number of rotatable bonds is 3. The van der Waals surface area contributed by atoms with Crippen molar-refractivity contribution in [3.63, 3.8) is 0 Å². The molecule has 0 fully saturated rings. The van der Waals surface area contributed by atoms with Gasteiger partial charge in [0.05, 0.1) is 0 Å². The Bertz CT molecular complexity index is 753. The van der Waals surface area contributed by atoms with E-state index in [1.165, 1.54) is 16.9 Å². The molecule has 0 radical (unpaired) electrons. The van der Waals surface area contributed by atoms with Gasteiger partial charge in [0.25, 0.3) is 5.91 Å². The normalized spacial score (nSPS) is 10.7. The number of anilines is 1. The van der Waals surface area contributed by atoms with Crippen LogP contribution in [0.15, 0.2) is 42.0 Å². The molecule has 1 aromatic carbocycles. The van der Waals surface area contributed by atoms with E-state index in [1.54, 1.807) is 12.4 Å². The summed E-state index contributed by atoms with van der Waals surface area (Å²) in [5.74, 6) is -0.223. The first-order valence-electron chi connectivity index (χ1n) is 6.36. The van der Waals surface area contributed by atoms with E-state index in [2.05, 4.69) is 28.3 Å². The van der Waals surface area contributed by atoms with Gasteiger partial charge >= 0.3 is 0 Å². The molecule has 20 heavy (non-hydrogen) atoms. The van der Waals surface area contributed by atoms with Crippen LogP contribution in [0.5, 0.6) is 0 Å². The van der Waals surface area contributed by atoms with Crippen molar-refractivity contribution in [3.8, 4) is 0 Å². The number of carbonyl (C=O) groups excluding carboxylic acids is 1. The van der Waals surface area contributed by atoms with Crippen LogP contribution in [0.1, 0.15) is 23.0 Å². The highest BCUT2D eigenvalue weighted by molar-refractivity contribution is 7.13. The molecule has 2 aromatic heterocycles. The lowest BCUT2D eigenvalue weighted by molar-refractivity contribution is 0.102. The second kappa shape index (κ2) is 5.38. The van der Waals surface area contributed by atoms with Gasteiger partial charge < -0.3 is 0 Å². The van der Waals surface area contributed by atoms with Gasteiger partial charge in [0.15, 0.2) is 5.13 Å². The molecule has 0 saturated heterocycles. The van der Waals surface area contributed by atoms with Crippen LogP contribution in [0, 0.1) is 0 Å². The number of nitrogens with one attached hydrogen (secondary N) is 1. The first kappa shape index (κ1) is 12.7. The summed E-state index contributed by atoms with van der Waals surface area (Å²) in [6, 6.07) is 8.04. The van der Waals surface area contributed by atoms with Gasteiger partial charge in [-0.15, -0.1) is 11.3 Å². The molecule has 0 bridgehead atoms. The predicted octanol–water partition coefficient (Wildman–Crippen LogP) is 3.51. The lowest BCUT2D eigenvalue weighted by atomic mass is 10.0. The molecule has 0 saturated carbocycles. The van der Waals surface area contributed by atoms with Gasteiger partial charge in [0, 0.05) is 23.2 Å². The Labute approximate surface area is 120 Å². The summed E-state index contributed by atoms with van der Waals surface area (Å²) < 4.78 is 0. The van der Waals surface area contributed by atoms with Crippen molar-refractivity contribution in [3.05, 3.63) is 53.3 Å². The minimum absolute atomic E-state index is 0.223. The van der Waals surface area contributed by atoms with Gasteiger partial charge in [-0.05, 0) is 29.5 Å². The number of hydrogen-bond acceptors (Lipinski definition) is 4. The molecule has 0 spiro atoms. The van der Waals surface area contributed by atoms with E-state index in [4.69, 9.17) is 0 Å². The van der Waals surface area contributed by atoms with Crippen LogP contribution in [0.2, 0.25) is 0 Å². The standard InChI is InChI=1S/C15H13N3OS/c1-2-10-3-4-11-5-6-16-13(12(11)9-10)14(19)18-15-17-7-8-20-15/h3-9H,2H2,1H3,(H,17,18,19). The molecule has 1 N–H and O–H groups in total. The van der Waals surface area contributed by atoms with E-state index in [9.17, 15) is 4.79 Å². The minimum atomic E-state index is -0.223. The molecule has 4 nitrogen and oxygen atoms in total. The predicted molar refractivity (Wildman–Crippen MR) is 81.2 cm³/mol. The molecule has 3 rings (SSSR count). The Morgan fingerprint density at radius 2 is 2.15 bits per heavy atom. The highest BCUT2D eigenvalue weighted by atomic mass is 32.1. The maximum absolute atomic E-state index is 12.3. The fraction of sp³-hybridized carbons (Fsp3) is 0.133. The Balaban J connectivity index is 2.03.